The second-order valence-corrected chi connectivity index (χ2v) is 9.79. The lowest BCUT2D eigenvalue weighted by Crippen LogP contribution is -2.32. The van der Waals surface area contributed by atoms with E-state index in [0.717, 1.165) is 48.3 Å². The summed E-state index contributed by atoms with van der Waals surface area (Å²) in [6.45, 7) is 4.20. The third kappa shape index (κ3) is 5.39. The average Bonchev–Trinajstić information content (AvgIpc) is 3.35. The van der Waals surface area contributed by atoms with Crippen molar-refractivity contribution in [2.75, 3.05) is 29.5 Å². The summed E-state index contributed by atoms with van der Waals surface area (Å²) in [6.07, 6.45) is 4.79. The zero-order valence-electron chi connectivity index (χ0n) is 20.5. The summed E-state index contributed by atoms with van der Waals surface area (Å²) in [6, 6.07) is 15.9. The molecule has 4 aromatic rings. The highest BCUT2D eigenvalue weighted by Gasteiger charge is 2.27. The Labute approximate surface area is 218 Å². The number of rotatable bonds is 8. The summed E-state index contributed by atoms with van der Waals surface area (Å²) < 4.78 is 6.49. The van der Waals surface area contributed by atoms with Gasteiger partial charge in [0.25, 0.3) is 11.6 Å². The van der Waals surface area contributed by atoms with E-state index in [1.807, 2.05) is 48.2 Å². The Kier molecular flexibility index (Phi) is 7.27. The van der Waals surface area contributed by atoms with E-state index >= 15 is 0 Å². The zero-order chi connectivity index (χ0) is 25.8. The van der Waals surface area contributed by atoms with Gasteiger partial charge in [0.05, 0.1) is 34.0 Å². The number of carbonyl (C=O) groups is 1. The molecule has 0 bridgehead atoms. The predicted octanol–water partition coefficient (Wildman–Crippen LogP) is 5.84. The van der Waals surface area contributed by atoms with Crippen molar-refractivity contribution >= 4 is 44.0 Å². The number of benzene rings is 2. The number of thiazole rings is 1. The standard InChI is InChI=1S/C27H27N5O4S/c1-2-36-21-10-11-22-25(17-21)37-27(29-22)31(18-20-8-4-5-13-28-20)26(33)19-9-12-23(24(16-19)32(34)35)30-14-6-3-7-15-30/h4-5,8-13,16-17H,2-3,6-7,14-15,18H2,1H3. The molecule has 0 spiro atoms. The maximum atomic E-state index is 13.9. The first-order valence-electron chi connectivity index (χ1n) is 12.3. The monoisotopic (exact) mass is 517 g/mol. The maximum Gasteiger partial charge on any atom is 0.293 e. The maximum absolute atomic E-state index is 13.9. The van der Waals surface area contributed by atoms with Gasteiger partial charge >= 0.3 is 0 Å². The molecule has 2 aromatic heterocycles. The summed E-state index contributed by atoms with van der Waals surface area (Å²) in [4.78, 5) is 38.1. The number of piperidine rings is 1. The number of amides is 1. The number of hydrogen-bond donors (Lipinski definition) is 0. The zero-order valence-corrected chi connectivity index (χ0v) is 21.3. The molecule has 1 aliphatic heterocycles. The van der Waals surface area contributed by atoms with Gasteiger partial charge in [0, 0.05) is 30.9 Å². The van der Waals surface area contributed by atoms with Crippen molar-refractivity contribution in [3.8, 4) is 5.75 Å². The van der Waals surface area contributed by atoms with Crippen LogP contribution in [0.5, 0.6) is 5.75 Å². The largest absolute Gasteiger partial charge is 0.494 e. The van der Waals surface area contributed by atoms with Crippen molar-refractivity contribution in [2.45, 2.75) is 32.7 Å². The molecule has 0 aliphatic carbocycles. The quantitative estimate of drug-likeness (QED) is 0.214. The van der Waals surface area contributed by atoms with E-state index in [1.54, 1.807) is 18.3 Å². The average molecular weight is 518 g/mol. The highest BCUT2D eigenvalue weighted by Crippen LogP contribution is 2.35. The number of anilines is 2. The van der Waals surface area contributed by atoms with Gasteiger partial charge in [0.1, 0.15) is 11.4 Å². The lowest BCUT2D eigenvalue weighted by Gasteiger charge is -2.28. The molecule has 10 heteroatoms. The first kappa shape index (κ1) is 24.6. The van der Waals surface area contributed by atoms with E-state index in [-0.39, 0.29) is 23.7 Å². The minimum atomic E-state index is -0.406. The number of fused-ring (bicyclic) bond motifs is 1. The molecule has 0 unspecified atom stereocenters. The van der Waals surface area contributed by atoms with Crippen LogP contribution in [-0.4, -0.2) is 40.5 Å². The van der Waals surface area contributed by atoms with Crippen LogP contribution in [0, 0.1) is 10.1 Å². The van der Waals surface area contributed by atoms with Crippen LogP contribution < -0.4 is 14.5 Å². The summed E-state index contributed by atoms with van der Waals surface area (Å²) in [5.41, 5.74) is 2.16. The molecule has 0 atom stereocenters. The van der Waals surface area contributed by atoms with Crippen LogP contribution in [0.25, 0.3) is 10.2 Å². The number of hydrogen-bond acceptors (Lipinski definition) is 8. The van der Waals surface area contributed by atoms with Gasteiger partial charge in [-0.2, -0.15) is 0 Å². The van der Waals surface area contributed by atoms with Crippen LogP contribution in [0.15, 0.2) is 60.8 Å². The van der Waals surface area contributed by atoms with Gasteiger partial charge in [-0.05, 0) is 68.7 Å². The van der Waals surface area contributed by atoms with Crippen LogP contribution in [-0.2, 0) is 6.54 Å². The number of nitro benzene ring substituents is 1. The molecule has 190 valence electrons. The third-order valence-corrected chi connectivity index (χ3v) is 7.34. The van der Waals surface area contributed by atoms with Crippen LogP contribution in [0.3, 0.4) is 0 Å². The number of nitro groups is 1. The molecule has 0 saturated carbocycles. The third-order valence-electron chi connectivity index (χ3n) is 6.30. The Bertz CT molecular complexity index is 1420. The molecule has 9 nitrogen and oxygen atoms in total. The molecule has 2 aromatic carbocycles. The fourth-order valence-corrected chi connectivity index (χ4v) is 5.50. The van der Waals surface area contributed by atoms with Gasteiger partial charge in [-0.1, -0.05) is 17.4 Å². The summed E-state index contributed by atoms with van der Waals surface area (Å²) in [7, 11) is 0. The van der Waals surface area contributed by atoms with Crippen molar-refractivity contribution in [3.63, 3.8) is 0 Å². The number of ether oxygens (including phenoxy) is 1. The van der Waals surface area contributed by atoms with Gasteiger partial charge in [-0.15, -0.1) is 0 Å². The molecule has 1 amide bonds. The van der Waals surface area contributed by atoms with Gasteiger partial charge in [0.15, 0.2) is 5.13 Å². The fourth-order valence-electron chi connectivity index (χ4n) is 4.51. The Morgan fingerprint density at radius 3 is 2.70 bits per heavy atom. The topological polar surface area (TPSA) is 102 Å². The second kappa shape index (κ2) is 10.9. The van der Waals surface area contributed by atoms with E-state index in [0.29, 0.717) is 23.1 Å². The molecule has 5 rings (SSSR count). The molecule has 3 heterocycles. The molecule has 1 fully saturated rings. The second-order valence-electron chi connectivity index (χ2n) is 8.78. The van der Waals surface area contributed by atoms with Gasteiger partial charge < -0.3 is 9.64 Å². The Hall–Kier alpha value is -4.05. The van der Waals surface area contributed by atoms with E-state index < -0.39 is 4.92 Å². The van der Waals surface area contributed by atoms with Gasteiger partial charge in [-0.3, -0.25) is 24.8 Å². The molecule has 1 aliphatic rings. The molecular weight excluding hydrogens is 490 g/mol. The van der Waals surface area contributed by atoms with Crippen molar-refractivity contribution in [1.29, 1.82) is 0 Å². The van der Waals surface area contributed by atoms with E-state index in [1.165, 1.54) is 22.3 Å². The summed E-state index contributed by atoms with van der Waals surface area (Å²) in [5, 5.41) is 12.5. The van der Waals surface area contributed by atoms with Crippen molar-refractivity contribution in [3.05, 3.63) is 82.2 Å². The van der Waals surface area contributed by atoms with E-state index in [4.69, 9.17) is 9.72 Å². The Morgan fingerprint density at radius 1 is 1.14 bits per heavy atom. The summed E-state index contributed by atoms with van der Waals surface area (Å²) in [5.74, 6) is 0.361. The van der Waals surface area contributed by atoms with Crippen LogP contribution in [0.4, 0.5) is 16.5 Å². The molecule has 0 radical (unpaired) electrons. The van der Waals surface area contributed by atoms with E-state index in [9.17, 15) is 14.9 Å². The molecule has 0 N–H and O–H groups in total. The summed E-state index contributed by atoms with van der Waals surface area (Å²) >= 11 is 1.37. The number of aromatic nitrogens is 2. The smallest absolute Gasteiger partial charge is 0.293 e. The minimum absolute atomic E-state index is 0.0591. The normalized spacial score (nSPS) is 13.5. The number of nitrogens with zero attached hydrogens (tertiary/aromatic N) is 5. The van der Waals surface area contributed by atoms with Crippen LogP contribution >= 0.6 is 11.3 Å². The first-order valence-corrected chi connectivity index (χ1v) is 13.1. The van der Waals surface area contributed by atoms with Crippen molar-refractivity contribution in [2.24, 2.45) is 0 Å². The fraction of sp³-hybridized carbons (Fsp3) is 0.296. The number of carbonyl (C=O) groups excluding carboxylic acids is 1. The van der Waals surface area contributed by atoms with E-state index in [2.05, 4.69) is 4.98 Å². The predicted molar refractivity (Wildman–Crippen MR) is 145 cm³/mol. The highest BCUT2D eigenvalue weighted by atomic mass is 32.1. The van der Waals surface area contributed by atoms with Crippen LogP contribution in [0.2, 0.25) is 0 Å². The van der Waals surface area contributed by atoms with Crippen LogP contribution in [0.1, 0.15) is 42.2 Å². The lowest BCUT2D eigenvalue weighted by atomic mass is 10.1. The number of pyridine rings is 1. The minimum Gasteiger partial charge on any atom is -0.494 e. The lowest BCUT2D eigenvalue weighted by molar-refractivity contribution is -0.384. The Balaban J connectivity index is 1.53. The van der Waals surface area contributed by atoms with Gasteiger partial charge in [-0.25, -0.2) is 4.98 Å². The van der Waals surface area contributed by atoms with Gasteiger partial charge in [0.2, 0.25) is 0 Å². The van der Waals surface area contributed by atoms with Crippen molar-refractivity contribution in [1.82, 2.24) is 9.97 Å². The molecule has 37 heavy (non-hydrogen) atoms. The highest BCUT2D eigenvalue weighted by molar-refractivity contribution is 7.22. The Morgan fingerprint density at radius 2 is 1.97 bits per heavy atom. The molecular formula is C27H27N5O4S. The SMILES string of the molecule is CCOc1ccc2nc(N(Cc3ccccn3)C(=O)c3ccc(N4CCCCC4)c([N+](=O)[O-])c3)sc2c1. The first-order chi connectivity index (χ1) is 18.0. The molecule has 1 saturated heterocycles. The van der Waals surface area contributed by atoms with Crippen molar-refractivity contribution < 1.29 is 14.5 Å².